The molecule has 0 fully saturated rings. The number of nitrogens with one attached hydrogen (secondary N) is 1. The van der Waals surface area contributed by atoms with Crippen molar-refractivity contribution in [3.05, 3.63) is 53.6 Å². The zero-order chi connectivity index (χ0) is 13.7. The largest absolute Gasteiger partial charge is 0.484 e. The minimum atomic E-state index is -0.353. The van der Waals surface area contributed by atoms with Crippen molar-refractivity contribution in [1.82, 2.24) is 4.98 Å². The maximum Gasteiger partial charge on any atom is 0.165 e. The number of benzene rings is 1. The third kappa shape index (κ3) is 3.68. The monoisotopic (exact) mass is 260 g/mol. The molecule has 1 heterocycles. The highest BCUT2D eigenvalue weighted by atomic mass is 19.1. The van der Waals surface area contributed by atoms with Gasteiger partial charge in [-0.25, -0.2) is 4.39 Å². The summed E-state index contributed by atoms with van der Waals surface area (Å²) in [6.45, 7) is 5.02. The Morgan fingerprint density at radius 3 is 2.89 bits per heavy atom. The number of halogens is 1. The van der Waals surface area contributed by atoms with E-state index in [0.29, 0.717) is 0 Å². The van der Waals surface area contributed by atoms with Crippen LogP contribution >= 0.6 is 0 Å². The Hall–Kier alpha value is -2.10. The van der Waals surface area contributed by atoms with Crippen molar-refractivity contribution in [2.45, 2.75) is 20.5 Å². The van der Waals surface area contributed by atoms with E-state index in [1.165, 1.54) is 6.07 Å². The number of pyridine rings is 1. The van der Waals surface area contributed by atoms with Gasteiger partial charge in [0.15, 0.2) is 11.6 Å². The van der Waals surface area contributed by atoms with Gasteiger partial charge < -0.3 is 10.1 Å². The third-order valence-electron chi connectivity index (χ3n) is 2.66. The Morgan fingerprint density at radius 2 is 2.11 bits per heavy atom. The van der Waals surface area contributed by atoms with Gasteiger partial charge in [0.05, 0.1) is 5.69 Å². The molecule has 0 amide bonds. The highest BCUT2D eigenvalue weighted by Crippen LogP contribution is 2.19. The summed E-state index contributed by atoms with van der Waals surface area (Å²) in [7, 11) is 0. The normalized spacial score (nSPS) is 10.3. The van der Waals surface area contributed by atoms with Crippen molar-refractivity contribution in [3.63, 3.8) is 0 Å². The summed E-state index contributed by atoms with van der Waals surface area (Å²) in [6.07, 6.45) is 1.71. The van der Waals surface area contributed by atoms with Gasteiger partial charge in [0.25, 0.3) is 0 Å². The molecule has 0 aliphatic rings. The number of aromatic nitrogens is 1. The summed E-state index contributed by atoms with van der Waals surface area (Å²) < 4.78 is 19.0. The van der Waals surface area contributed by atoms with Crippen LogP contribution in [0.3, 0.4) is 0 Å². The number of rotatable bonds is 5. The second-order valence-electron chi connectivity index (χ2n) is 4.29. The van der Waals surface area contributed by atoms with Crippen molar-refractivity contribution < 1.29 is 9.13 Å². The van der Waals surface area contributed by atoms with Gasteiger partial charge in [0, 0.05) is 18.4 Å². The second-order valence-corrected chi connectivity index (χ2v) is 4.29. The van der Waals surface area contributed by atoms with Gasteiger partial charge in [-0.1, -0.05) is 6.07 Å². The number of nitrogens with zero attached hydrogens (tertiary/aromatic N) is 1. The Morgan fingerprint density at radius 1 is 1.26 bits per heavy atom. The van der Waals surface area contributed by atoms with Gasteiger partial charge in [-0.15, -0.1) is 0 Å². The standard InChI is InChI=1S/C15H17FN2O/c1-3-17-12-6-7-18-13(9-12)10-19-15-8-11(2)4-5-14(15)16/h4-9H,3,10H2,1-2H3,(H,17,18). The quantitative estimate of drug-likeness (QED) is 0.892. The van der Waals surface area contributed by atoms with Crippen LogP contribution in [0.5, 0.6) is 5.75 Å². The fraction of sp³-hybridized carbons (Fsp3) is 0.267. The Labute approximate surface area is 112 Å². The number of aryl methyl sites for hydroxylation is 1. The minimum Gasteiger partial charge on any atom is -0.484 e. The van der Waals surface area contributed by atoms with E-state index in [-0.39, 0.29) is 18.2 Å². The zero-order valence-electron chi connectivity index (χ0n) is 11.1. The molecule has 0 radical (unpaired) electrons. The summed E-state index contributed by atoms with van der Waals surface area (Å²) in [5.74, 6) is -0.0934. The second kappa shape index (κ2) is 6.18. The third-order valence-corrected chi connectivity index (χ3v) is 2.66. The van der Waals surface area contributed by atoms with Crippen LogP contribution in [0.25, 0.3) is 0 Å². The van der Waals surface area contributed by atoms with Crippen LogP contribution < -0.4 is 10.1 Å². The van der Waals surface area contributed by atoms with E-state index in [1.54, 1.807) is 18.3 Å². The van der Waals surface area contributed by atoms with E-state index in [0.717, 1.165) is 23.5 Å². The molecule has 0 saturated carbocycles. The van der Waals surface area contributed by atoms with Gasteiger partial charge in [-0.2, -0.15) is 0 Å². The summed E-state index contributed by atoms with van der Waals surface area (Å²) in [4.78, 5) is 4.20. The molecular weight excluding hydrogens is 243 g/mol. The lowest BCUT2D eigenvalue weighted by molar-refractivity contribution is 0.286. The van der Waals surface area contributed by atoms with Crippen molar-refractivity contribution in [1.29, 1.82) is 0 Å². The number of anilines is 1. The summed E-state index contributed by atoms with van der Waals surface area (Å²) >= 11 is 0. The fourth-order valence-electron chi connectivity index (χ4n) is 1.74. The van der Waals surface area contributed by atoms with Crippen LogP contribution in [-0.2, 0) is 6.61 Å². The van der Waals surface area contributed by atoms with Crippen molar-refractivity contribution >= 4 is 5.69 Å². The first-order chi connectivity index (χ1) is 9.19. The van der Waals surface area contributed by atoms with Crippen molar-refractivity contribution in [2.24, 2.45) is 0 Å². The molecule has 1 aromatic carbocycles. The maximum absolute atomic E-state index is 13.5. The van der Waals surface area contributed by atoms with E-state index in [9.17, 15) is 4.39 Å². The molecule has 100 valence electrons. The lowest BCUT2D eigenvalue weighted by atomic mass is 10.2. The van der Waals surface area contributed by atoms with Gasteiger partial charge in [-0.3, -0.25) is 4.98 Å². The summed E-state index contributed by atoms with van der Waals surface area (Å²) in [5, 5.41) is 3.20. The fourth-order valence-corrected chi connectivity index (χ4v) is 1.74. The van der Waals surface area contributed by atoms with Crippen LogP contribution in [0.15, 0.2) is 36.5 Å². The smallest absolute Gasteiger partial charge is 0.165 e. The minimum absolute atomic E-state index is 0.250. The highest BCUT2D eigenvalue weighted by molar-refractivity contribution is 5.43. The summed E-state index contributed by atoms with van der Waals surface area (Å²) in [6, 6.07) is 8.60. The van der Waals surface area contributed by atoms with Crippen LogP contribution in [-0.4, -0.2) is 11.5 Å². The molecule has 0 spiro atoms. The topological polar surface area (TPSA) is 34.2 Å². The molecule has 4 heteroatoms. The first-order valence-electron chi connectivity index (χ1n) is 6.27. The van der Waals surface area contributed by atoms with E-state index < -0.39 is 0 Å². The zero-order valence-corrected chi connectivity index (χ0v) is 11.1. The molecular formula is C15H17FN2O. The van der Waals surface area contributed by atoms with E-state index in [2.05, 4.69) is 10.3 Å². The first kappa shape index (κ1) is 13.3. The highest BCUT2D eigenvalue weighted by Gasteiger charge is 2.04. The molecule has 19 heavy (non-hydrogen) atoms. The Kier molecular flexibility index (Phi) is 4.34. The average molecular weight is 260 g/mol. The van der Waals surface area contributed by atoms with Crippen LogP contribution in [0, 0.1) is 12.7 Å². The van der Waals surface area contributed by atoms with Crippen LogP contribution in [0.1, 0.15) is 18.2 Å². The molecule has 1 aromatic heterocycles. The number of hydrogen-bond donors (Lipinski definition) is 1. The molecule has 0 atom stereocenters. The van der Waals surface area contributed by atoms with Crippen LogP contribution in [0.2, 0.25) is 0 Å². The van der Waals surface area contributed by atoms with E-state index in [1.807, 2.05) is 26.0 Å². The van der Waals surface area contributed by atoms with Gasteiger partial charge in [0.1, 0.15) is 6.61 Å². The SMILES string of the molecule is CCNc1ccnc(COc2cc(C)ccc2F)c1. The molecule has 0 aliphatic carbocycles. The molecule has 1 N–H and O–H groups in total. The Bertz CT molecular complexity index is 558. The lowest BCUT2D eigenvalue weighted by Crippen LogP contribution is -2.02. The Balaban J connectivity index is 2.05. The van der Waals surface area contributed by atoms with E-state index >= 15 is 0 Å². The first-order valence-corrected chi connectivity index (χ1v) is 6.27. The van der Waals surface area contributed by atoms with Gasteiger partial charge >= 0.3 is 0 Å². The predicted octanol–water partition coefficient (Wildman–Crippen LogP) is 3.54. The molecule has 0 aliphatic heterocycles. The molecule has 0 unspecified atom stereocenters. The summed E-state index contributed by atoms with van der Waals surface area (Å²) in [5.41, 5.74) is 2.71. The van der Waals surface area contributed by atoms with Gasteiger partial charge in [0.2, 0.25) is 0 Å². The number of ether oxygens (including phenoxy) is 1. The average Bonchev–Trinajstić information content (AvgIpc) is 2.41. The van der Waals surface area contributed by atoms with Gasteiger partial charge in [-0.05, 0) is 43.7 Å². The molecule has 0 saturated heterocycles. The van der Waals surface area contributed by atoms with Crippen LogP contribution in [0.4, 0.5) is 10.1 Å². The van der Waals surface area contributed by atoms with E-state index in [4.69, 9.17) is 4.74 Å². The van der Waals surface area contributed by atoms with Crippen molar-refractivity contribution in [3.8, 4) is 5.75 Å². The lowest BCUT2D eigenvalue weighted by Gasteiger charge is -2.09. The predicted molar refractivity (Wildman–Crippen MR) is 73.9 cm³/mol. The molecule has 0 bridgehead atoms. The molecule has 2 aromatic rings. The van der Waals surface area contributed by atoms with Crippen molar-refractivity contribution in [2.75, 3.05) is 11.9 Å². The molecule has 3 nitrogen and oxygen atoms in total. The maximum atomic E-state index is 13.5. The number of hydrogen-bond acceptors (Lipinski definition) is 3. The molecule has 2 rings (SSSR count).